The van der Waals surface area contributed by atoms with Gasteiger partial charge in [0.15, 0.2) is 0 Å². The van der Waals surface area contributed by atoms with Crippen molar-refractivity contribution in [2.45, 2.75) is 44.7 Å². The molecule has 0 radical (unpaired) electrons. The lowest BCUT2D eigenvalue weighted by Gasteiger charge is -2.57. The highest BCUT2D eigenvalue weighted by Crippen LogP contribution is 2.61. The van der Waals surface area contributed by atoms with E-state index in [0.29, 0.717) is 0 Å². The van der Waals surface area contributed by atoms with Crippen LogP contribution in [0.2, 0.25) is 0 Å². The first-order valence-electron chi connectivity index (χ1n) is 5.97. The first-order valence-corrected chi connectivity index (χ1v) is 5.97. The molecule has 4 saturated carbocycles. The average Bonchev–Trinajstić information content (AvgIpc) is 2.14. The quantitative estimate of drug-likeness (QED) is 0.723. The third-order valence-electron chi connectivity index (χ3n) is 4.91. The maximum atomic E-state index is 13.8. The van der Waals surface area contributed by atoms with Gasteiger partial charge in [-0.3, -0.25) is 0 Å². The van der Waals surface area contributed by atoms with Crippen molar-refractivity contribution in [3.05, 3.63) is 0 Å². The lowest BCUT2D eigenvalue weighted by Crippen LogP contribution is -2.51. The Morgan fingerprint density at radius 1 is 1.07 bits per heavy atom. The van der Waals surface area contributed by atoms with Gasteiger partial charge in [-0.1, -0.05) is 0 Å². The molecule has 0 aromatic rings. The van der Waals surface area contributed by atoms with E-state index in [1.807, 2.05) is 0 Å². The highest BCUT2D eigenvalue weighted by atomic mass is 19.1. The molecule has 4 bridgehead atoms. The fourth-order valence-corrected chi connectivity index (χ4v) is 4.75. The molecule has 80 valence electrons. The second-order valence-electron chi connectivity index (χ2n) is 5.93. The molecule has 0 heterocycles. The van der Waals surface area contributed by atoms with Crippen LogP contribution in [0.25, 0.3) is 0 Å². The molecule has 0 amide bonds. The van der Waals surface area contributed by atoms with Crippen molar-refractivity contribution in [1.82, 2.24) is 0 Å². The minimum Gasteiger partial charge on any atom is -0.393 e. The topological polar surface area (TPSA) is 20.2 Å². The van der Waals surface area contributed by atoms with Gasteiger partial charge in [-0.25, -0.2) is 4.39 Å². The van der Waals surface area contributed by atoms with Crippen molar-refractivity contribution in [3.8, 4) is 0 Å². The van der Waals surface area contributed by atoms with Crippen LogP contribution in [0.4, 0.5) is 4.39 Å². The van der Waals surface area contributed by atoms with Crippen molar-refractivity contribution in [2.75, 3.05) is 6.61 Å². The van der Waals surface area contributed by atoms with E-state index in [-0.39, 0.29) is 12.0 Å². The Morgan fingerprint density at radius 2 is 1.50 bits per heavy atom. The van der Waals surface area contributed by atoms with Gasteiger partial charge in [-0.05, 0) is 56.3 Å². The van der Waals surface area contributed by atoms with Crippen LogP contribution in [0.15, 0.2) is 0 Å². The first-order chi connectivity index (χ1) is 6.72. The van der Waals surface area contributed by atoms with Crippen LogP contribution in [0, 0.1) is 23.2 Å². The zero-order valence-electron chi connectivity index (χ0n) is 8.58. The summed E-state index contributed by atoms with van der Waals surface area (Å²) >= 11 is 0. The monoisotopic (exact) mass is 198 g/mol. The predicted octanol–water partition coefficient (Wildman–Crippen LogP) is 2.53. The van der Waals surface area contributed by atoms with Gasteiger partial charge < -0.3 is 5.11 Å². The van der Waals surface area contributed by atoms with Gasteiger partial charge >= 0.3 is 0 Å². The molecule has 4 rings (SSSR count). The second kappa shape index (κ2) is 2.94. The van der Waals surface area contributed by atoms with E-state index in [2.05, 4.69) is 0 Å². The number of alkyl halides is 1. The van der Waals surface area contributed by atoms with Crippen molar-refractivity contribution in [3.63, 3.8) is 0 Å². The lowest BCUT2D eigenvalue weighted by atomic mass is 9.48. The molecule has 1 atom stereocenters. The summed E-state index contributed by atoms with van der Waals surface area (Å²) in [5, 5.41) is 9.02. The molecule has 4 aliphatic rings. The molecule has 14 heavy (non-hydrogen) atoms. The fourth-order valence-electron chi connectivity index (χ4n) is 4.75. The second-order valence-corrected chi connectivity index (χ2v) is 5.93. The molecular formula is C12H19FO. The SMILES string of the molecule is OC[C@H](F)C12CC3CC(CC(C3)C1)C2. The summed E-state index contributed by atoms with van der Waals surface area (Å²) in [4.78, 5) is 0. The normalized spacial score (nSPS) is 52.3. The molecule has 0 aromatic heterocycles. The highest BCUT2D eigenvalue weighted by molar-refractivity contribution is 5.04. The molecule has 0 saturated heterocycles. The lowest BCUT2D eigenvalue weighted by molar-refractivity contribution is -0.106. The van der Waals surface area contributed by atoms with Crippen molar-refractivity contribution in [2.24, 2.45) is 23.2 Å². The largest absolute Gasteiger partial charge is 0.393 e. The van der Waals surface area contributed by atoms with Crippen LogP contribution in [-0.2, 0) is 0 Å². The van der Waals surface area contributed by atoms with Gasteiger partial charge in [0, 0.05) is 5.41 Å². The van der Waals surface area contributed by atoms with Gasteiger partial charge in [0.05, 0.1) is 6.61 Å². The van der Waals surface area contributed by atoms with E-state index < -0.39 is 6.17 Å². The molecule has 1 nitrogen and oxygen atoms in total. The summed E-state index contributed by atoms with van der Waals surface area (Å²) in [6.45, 7) is -0.258. The number of halogens is 1. The summed E-state index contributed by atoms with van der Waals surface area (Å²) < 4.78 is 13.8. The van der Waals surface area contributed by atoms with E-state index >= 15 is 0 Å². The molecule has 0 aromatic carbocycles. The van der Waals surface area contributed by atoms with Crippen molar-refractivity contribution in [1.29, 1.82) is 0 Å². The average molecular weight is 198 g/mol. The van der Waals surface area contributed by atoms with E-state index in [0.717, 1.165) is 37.0 Å². The zero-order chi connectivity index (χ0) is 9.76. The van der Waals surface area contributed by atoms with E-state index in [4.69, 9.17) is 5.11 Å². The summed E-state index contributed by atoms with van der Waals surface area (Å²) in [5.74, 6) is 2.35. The van der Waals surface area contributed by atoms with E-state index in [1.54, 1.807) is 0 Å². The molecular weight excluding hydrogens is 179 g/mol. The van der Waals surface area contributed by atoms with Crippen molar-refractivity contribution >= 4 is 0 Å². The Morgan fingerprint density at radius 3 is 1.86 bits per heavy atom. The van der Waals surface area contributed by atoms with Gasteiger partial charge in [-0.2, -0.15) is 0 Å². The third-order valence-corrected chi connectivity index (χ3v) is 4.91. The summed E-state index contributed by atoms with van der Waals surface area (Å²) in [5.41, 5.74) is -0.108. The summed E-state index contributed by atoms with van der Waals surface area (Å²) in [6, 6.07) is 0. The van der Waals surface area contributed by atoms with Crippen LogP contribution in [-0.4, -0.2) is 17.9 Å². The van der Waals surface area contributed by atoms with Crippen molar-refractivity contribution < 1.29 is 9.50 Å². The van der Waals surface area contributed by atoms with Crippen LogP contribution < -0.4 is 0 Å². The van der Waals surface area contributed by atoms with Crippen LogP contribution in [0.5, 0.6) is 0 Å². The van der Waals surface area contributed by atoms with E-state index in [9.17, 15) is 4.39 Å². The third kappa shape index (κ3) is 1.16. The number of hydrogen-bond acceptors (Lipinski definition) is 1. The first kappa shape index (κ1) is 9.14. The molecule has 0 aliphatic heterocycles. The summed E-state index contributed by atoms with van der Waals surface area (Å²) in [7, 11) is 0. The minimum atomic E-state index is -0.948. The Balaban J connectivity index is 1.87. The predicted molar refractivity (Wildman–Crippen MR) is 52.6 cm³/mol. The smallest absolute Gasteiger partial charge is 0.129 e. The van der Waals surface area contributed by atoms with Gasteiger partial charge in [-0.15, -0.1) is 0 Å². The van der Waals surface area contributed by atoms with Gasteiger partial charge in [0.1, 0.15) is 6.17 Å². The maximum Gasteiger partial charge on any atom is 0.129 e. The Bertz CT molecular complexity index is 203. The highest BCUT2D eigenvalue weighted by Gasteiger charge is 2.54. The molecule has 1 N–H and O–H groups in total. The van der Waals surface area contributed by atoms with Gasteiger partial charge in [0.2, 0.25) is 0 Å². The fraction of sp³-hybridized carbons (Fsp3) is 1.00. The molecule has 4 fully saturated rings. The van der Waals surface area contributed by atoms with E-state index in [1.165, 1.54) is 19.3 Å². The molecule has 0 spiro atoms. The molecule has 0 unspecified atom stereocenters. The van der Waals surface area contributed by atoms with Crippen LogP contribution >= 0.6 is 0 Å². The Labute approximate surface area is 84.7 Å². The molecule has 4 aliphatic carbocycles. The maximum absolute atomic E-state index is 13.8. The Kier molecular flexibility index (Phi) is 1.92. The van der Waals surface area contributed by atoms with Crippen LogP contribution in [0.3, 0.4) is 0 Å². The summed E-state index contributed by atoms with van der Waals surface area (Å²) in [6.07, 6.45) is 6.25. The minimum absolute atomic E-state index is 0.108. The number of aliphatic hydroxyl groups excluding tert-OH is 1. The van der Waals surface area contributed by atoms with Crippen LogP contribution in [0.1, 0.15) is 38.5 Å². The number of hydrogen-bond donors (Lipinski definition) is 1. The Hall–Kier alpha value is -0.110. The van der Waals surface area contributed by atoms with Gasteiger partial charge in [0.25, 0.3) is 0 Å². The zero-order valence-corrected chi connectivity index (χ0v) is 8.58. The number of rotatable bonds is 2. The number of aliphatic hydroxyl groups is 1. The molecule has 2 heteroatoms. The standard InChI is InChI=1S/C12H19FO/c13-11(7-14)12-4-8-1-9(5-12)3-10(2-8)6-12/h8-11,14H,1-7H2/t8?,9?,10?,11-,12?/m0/s1.